The van der Waals surface area contributed by atoms with Gasteiger partial charge in [0.25, 0.3) is 0 Å². The Morgan fingerprint density at radius 2 is 1.89 bits per heavy atom. The third kappa shape index (κ3) is 8.79. The van der Waals surface area contributed by atoms with Gasteiger partial charge in [-0.05, 0) is 35.6 Å². The Kier molecular flexibility index (Phi) is 10.8. The maximum absolute atomic E-state index is 13.4. The number of carbonyl (C=O) groups excluding carboxylic acids is 1. The van der Waals surface area contributed by atoms with Crippen LogP contribution in [0.4, 0.5) is 4.79 Å². The first kappa shape index (κ1) is 27.4. The fourth-order valence-electron chi connectivity index (χ4n) is 3.91. The lowest BCUT2D eigenvalue weighted by molar-refractivity contribution is 0.0643. The quantitative estimate of drug-likeness (QED) is 0.381. The number of nitrogens with one attached hydrogen (secondary N) is 1. The minimum atomic E-state index is -1.52. The first-order valence-electron chi connectivity index (χ1n) is 12.0. The molecule has 4 atom stereocenters. The van der Waals surface area contributed by atoms with Crippen LogP contribution in [0.15, 0.2) is 59.5 Å². The molecule has 0 aromatic heterocycles. The Labute approximate surface area is 210 Å². The highest BCUT2D eigenvalue weighted by Crippen LogP contribution is 2.20. The van der Waals surface area contributed by atoms with E-state index < -0.39 is 29.6 Å². The molecule has 3 N–H and O–H groups in total. The Morgan fingerprint density at radius 3 is 2.49 bits per heavy atom. The summed E-state index contributed by atoms with van der Waals surface area (Å²) >= 11 is -1.52. The number of aliphatic hydroxyl groups is 2. The highest BCUT2D eigenvalue weighted by molar-refractivity contribution is 7.89. The van der Waals surface area contributed by atoms with Crippen molar-refractivity contribution >= 4 is 17.5 Å². The number of hydrogen-bond acceptors (Lipinski definition) is 7. The van der Waals surface area contributed by atoms with Crippen LogP contribution in [0.5, 0.6) is 0 Å². The van der Waals surface area contributed by atoms with Gasteiger partial charge in [-0.15, -0.1) is 4.31 Å². The van der Waals surface area contributed by atoms with Crippen molar-refractivity contribution in [3.05, 3.63) is 65.7 Å². The van der Waals surface area contributed by atoms with Gasteiger partial charge in [0.2, 0.25) is 0 Å². The Balaban J connectivity index is 1.73. The number of amides is 1. The molecule has 3 rings (SSSR count). The lowest BCUT2D eigenvalue weighted by Crippen LogP contribution is -2.51. The molecule has 1 saturated heterocycles. The second kappa shape index (κ2) is 13.8. The Bertz CT molecular complexity index is 892. The van der Waals surface area contributed by atoms with Gasteiger partial charge in [0.1, 0.15) is 6.10 Å². The van der Waals surface area contributed by atoms with E-state index in [0.29, 0.717) is 37.5 Å². The molecular formula is C26H36N2O6S. The van der Waals surface area contributed by atoms with Crippen LogP contribution >= 0.6 is 0 Å². The second-order valence-electron chi connectivity index (χ2n) is 9.19. The van der Waals surface area contributed by atoms with Crippen LogP contribution in [-0.4, -0.2) is 69.7 Å². The highest BCUT2D eigenvalue weighted by Gasteiger charge is 2.31. The van der Waals surface area contributed by atoms with E-state index >= 15 is 0 Å². The van der Waals surface area contributed by atoms with Crippen molar-refractivity contribution in [3.63, 3.8) is 0 Å². The van der Waals surface area contributed by atoms with Crippen molar-refractivity contribution in [3.8, 4) is 0 Å². The average Bonchev–Trinajstić information content (AvgIpc) is 3.36. The lowest BCUT2D eigenvalue weighted by atomic mass is 10.0. The molecule has 0 radical (unpaired) electrons. The first-order chi connectivity index (χ1) is 16.9. The van der Waals surface area contributed by atoms with E-state index in [1.54, 1.807) is 28.6 Å². The number of ether oxygens (including phenoxy) is 2. The molecule has 1 fully saturated rings. The molecule has 9 heteroatoms. The molecule has 2 aromatic carbocycles. The number of nitrogens with zero attached hydrogens (tertiary/aromatic N) is 1. The smallest absolute Gasteiger partial charge is 0.407 e. The minimum absolute atomic E-state index is 0.0861. The number of benzene rings is 2. The van der Waals surface area contributed by atoms with E-state index in [9.17, 15) is 19.6 Å². The topological polar surface area (TPSA) is 114 Å². The van der Waals surface area contributed by atoms with Gasteiger partial charge in [0.05, 0.1) is 49.9 Å². The predicted molar refractivity (Wildman–Crippen MR) is 134 cm³/mol. The molecule has 35 heavy (non-hydrogen) atoms. The van der Waals surface area contributed by atoms with E-state index in [0.717, 1.165) is 11.1 Å². The SMILES string of the molecule is CC(C)CN(C[C@@H](O)[C@H](Cc1ccccc1)NC(=O)O[C@H]1CCOC1)[S+]([O-])c1ccc(CO)cc1. The molecule has 0 spiro atoms. The Hall–Kier alpha value is -2.14. The summed E-state index contributed by atoms with van der Waals surface area (Å²) in [5.41, 5.74) is 1.69. The van der Waals surface area contributed by atoms with Gasteiger partial charge >= 0.3 is 6.09 Å². The maximum Gasteiger partial charge on any atom is 0.407 e. The van der Waals surface area contributed by atoms with Gasteiger partial charge < -0.3 is 29.6 Å². The monoisotopic (exact) mass is 504 g/mol. The number of aliphatic hydroxyl groups excluding tert-OH is 2. The summed E-state index contributed by atoms with van der Waals surface area (Å²) in [6, 6.07) is 15.9. The van der Waals surface area contributed by atoms with E-state index in [2.05, 4.69) is 5.32 Å². The summed E-state index contributed by atoms with van der Waals surface area (Å²) in [5.74, 6) is 0.204. The van der Waals surface area contributed by atoms with Crippen LogP contribution in [0, 0.1) is 5.92 Å². The predicted octanol–water partition coefficient (Wildman–Crippen LogP) is 2.65. The van der Waals surface area contributed by atoms with E-state index in [4.69, 9.17) is 9.47 Å². The van der Waals surface area contributed by atoms with Crippen LogP contribution in [0.25, 0.3) is 0 Å². The molecule has 0 aliphatic carbocycles. The molecule has 192 valence electrons. The van der Waals surface area contributed by atoms with E-state index in [1.165, 1.54) is 0 Å². The van der Waals surface area contributed by atoms with Gasteiger partial charge in [-0.2, -0.15) is 0 Å². The first-order valence-corrected chi connectivity index (χ1v) is 13.1. The normalized spacial score (nSPS) is 18.4. The van der Waals surface area contributed by atoms with Gasteiger partial charge in [-0.3, -0.25) is 0 Å². The van der Waals surface area contributed by atoms with Crippen LogP contribution in [0.2, 0.25) is 0 Å². The zero-order chi connectivity index (χ0) is 25.2. The van der Waals surface area contributed by atoms with Crippen molar-refractivity contribution in [2.24, 2.45) is 5.92 Å². The lowest BCUT2D eigenvalue weighted by Gasteiger charge is -2.31. The molecule has 0 bridgehead atoms. The molecule has 1 unspecified atom stereocenters. The van der Waals surface area contributed by atoms with Gasteiger partial charge in [0, 0.05) is 13.0 Å². The largest absolute Gasteiger partial charge is 0.593 e. The molecule has 1 heterocycles. The zero-order valence-corrected chi connectivity index (χ0v) is 21.2. The summed E-state index contributed by atoms with van der Waals surface area (Å²) in [7, 11) is 0. The van der Waals surface area contributed by atoms with Crippen LogP contribution in [0.3, 0.4) is 0 Å². The molecule has 1 aliphatic heterocycles. The summed E-state index contributed by atoms with van der Waals surface area (Å²) in [4.78, 5) is 13.2. The highest BCUT2D eigenvalue weighted by atomic mass is 32.2. The molecule has 0 saturated carbocycles. The fraction of sp³-hybridized carbons (Fsp3) is 0.500. The van der Waals surface area contributed by atoms with E-state index in [-0.39, 0.29) is 25.2 Å². The maximum atomic E-state index is 13.4. The minimum Gasteiger partial charge on any atom is -0.593 e. The third-order valence-corrected chi connectivity index (χ3v) is 7.17. The summed E-state index contributed by atoms with van der Waals surface area (Å²) in [6.07, 6.45) is -0.851. The van der Waals surface area contributed by atoms with Crippen LogP contribution in [-0.2, 0) is 33.9 Å². The van der Waals surface area contributed by atoms with Gasteiger partial charge in [-0.25, -0.2) is 4.79 Å². The third-order valence-electron chi connectivity index (χ3n) is 5.73. The van der Waals surface area contributed by atoms with Gasteiger partial charge in [-0.1, -0.05) is 56.3 Å². The standard InChI is InChI=1S/C26H36N2O6S/c1-19(2)15-28(35(32)23-10-8-21(17-29)9-11-23)16-25(30)24(14-20-6-4-3-5-7-20)27-26(31)34-22-12-13-33-18-22/h3-11,19,22,24-25,29-30H,12-18H2,1-2H3,(H,27,31)/t22-,24-,25+,35?/m0/s1. The van der Waals surface area contributed by atoms with Crippen LogP contribution < -0.4 is 5.32 Å². The molecule has 2 aromatic rings. The second-order valence-corrected chi connectivity index (χ2v) is 10.7. The van der Waals surface area contributed by atoms with Crippen LogP contribution in [0.1, 0.15) is 31.4 Å². The van der Waals surface area contributed by atoms with Gasteiger partial charge in [0.15, 0.2) is 4.90 Å². The zero-order valence-electron chi connectivity index (χ0n) is 20.3. The molecular weight excluding hydrogens is 468 g/mol. The average molecular weight is 505 g/mol. The summed E-state index contributed by atoms with van der Waals surface area (Å²) < 4.78 is 25.8. The summed E-state index contributed by atoms with van der Waals surface area (Å²) in [6.45, 7) is 5.47. The van der Waals surface area contributed by atoms with Crippen molar-refractivity contribution in [2.45, 2.75) is 56.4 Å². The van der Waals surface area contributed by atoms with Crippen molar-refractivity contribution in [1.82, 2.24) is 9.62 Å². The molecule has 1 aliphatic rings. The fourth-order valence-corrected chi connectivity index (χ4v) is 5.30. The Morgan fingerprint density at radius 1 is 1.17 bits per heavy atom. The number of hydrogen-bond donors (Lipinski definition) is 3. The molecule has 8 nitrogen and oxygen atoms in total. The van der Waals surface area contributed by atoms with E-state index in [1.807, 2.05) is 44.2 Å². The van der Waals surface area contributed by atoms with Crippen molar-refractivity contribution < 1.29 is 29.0 Å². The molecule has 1 amide bonds. The number of rotatable bonds is 12. The number of carbonyl (C=O) groups is 1. The van der Waals surface area contributed by atoms with Crippen molar-refractivity contribution in [1.29, 1.82) is 0 Å². The summed E-state index contributed by atoms with van der Waals surface area (Å²) in [5, 5.41) is 23.3. The number of alkyl carbamates (subject to hydrolysis) is 1. The van der Waals surface area contributed by atoms with Crippen molar-refractivity contribution in [2.75, 3.05) is 26.3 Å².